The topological polar surface area (TPSA) is 25.8 Å². The van der Waals surface area contributed by atoms with E-state index >= 15 is 0 Å². The number of rotatable bonds is 6. The Kier molecular flexibility index (Phi) is 6.68. The van der Waals surface area contributed by atoms with Gasteiger partial charge >= 0.3 is 0 Å². The van der Waals surface area contributed by atoms with Gasteiger partial charge in [0.25, 0.3) is 0 Å². The lowest BCUT2D eigenvalue weighted by Crippen LogP contribution is -2.55. The summed E-state index contributed by atoms with van der Waals surface area (Å²) in [4.78, 5) is 9.44. The third-order valence-corrected chi connectivity index (χ3v) is 16.7. The summed E-state index contributed by atoms with van der Waals surface area (Å²) in [6, 6.07) is 20.4. The molecule has 0 N–H and O–H groups in total. The SMILES string of the molecule is [2H]c1nc(-c2cc([Si](C(C)C)(C(C)C)C(C)C)c3ccccc3c2)c2sc3cc(CC(C)(C)C)ccc3c2n1. The molecule has 198 valence electrons. The monoisotopic (exact) mass is 539 g/mol. The van der Waals surface area contributed by atoms with Crippen molar-refractivity contribution < 1.29 is 1.37 Å². The van der Waals surface area contributed by atoms with Crippen LogP contribution in [0.1, 0.15) is 69.2 Å². The second-order valence-electron chi connectivity index (χ2n) is 13.2. The smallest absolute Gasteiger partial charge is 0.116 e. The number of hydrogen-bond donors (Lipinski definition) is 0. The lowest BCUT2D eigenvalue weighted by Gasteiger charge is -2.44. The van der Waals surface area contributed by atoms with Gasteiger partial charge in [-0.1, -0.05) is 110 Å². The minimum Gasteiger partial charge on any atom is -0.235 e. The first-order valence-corrected chi connectivity index (χ1v) is 17.1. The average molecular weight is 540 g/mol. The van der Waals surface area contributed by atoms with Crippen LogP contribution in [0.4, 0.5) is 0 Å². The molecule has 0 aliphatic rings. The van der Waals surface area contributed by atoms with Gasteiger partial charge in [-0.15, -0.1) is 11.3 Å². The van der Waals surface area contributed by atoms with Crippen molar-refractivity contribution in [1.82, 2.24) is 9.97 Å². The molecule has 2 aromatic heterocycles. The molecule has 5 aromatic rings. The van der Waals surface area contributed by atoms with E-state index in [-0.39, 0.29) is 11.7 Å². The second kappa shape index (κ2) is 9.88. The molecule has 0 saturated carbocycles. The lowest BCUT2D eigenvalue weighted by atomic mass is 9.88. The van der Waals surface area contributed by atoms with Gasteiger partial charge in [-0.2, -0.15) is 0 Å². The summed E-state index contributed by atoms with van der Waals surface area (Å²) < 4.78 is 10.9. The summed E-state index contributed by atoms with van der Waals surface area (Å²) in [5.74, 6) is 0. The highest BCUT2D eigenvalue weighted by molar-refractivity contribution is 7.26. The number of nitrogens with zero attached hydrogens (tertiary/aromatic N) is 2. The molecule has 0 atom stereocenters. The molecule has 0 bridgehead atoms. The number of aromatic nitrogens is 2. The lowest BCUT2D eigenvalue weighted by molar-refractivity contribution is 0.411. The zero-order valence-corrected chi connectivity index (χ0v) is 26.3. The Morgan fingerprint density at radius 2 is 1.53 bits per heavy atom. The van der Waals surface area contributed by atoms with Gasteiger partial charge in [0.05, 0.1) is 24.0 Å². The first-order chi connectivity index (χ1) is 18.3. The first kappa shape index (κ1) is 25.7. The van der Waals surface area contributed by atoms with Crippen molar-refractivity contribution in [2.45, 2.75) is 85.4 Å². The summed E-state index contributed by atoms with van der Waals surface area (Å²) in [7, 11) is -1.96. The molecule has 0 radical (unpaired) electrons. The van der Waals surface area contributed by atoms with E-state index in [2.05, 4.69) is 122 Å². The van der Waals surface area contributed by atoms with Crippen LogP contribution in [0.2, 0.25) is 16.6 Å². The van der Waals surface area contributed by atoms with Gasteiger partial charge in [-0.05, 0) is 56.9 Å². The van der Waals surface area contributed by atoms with Crippen molar-refractivity contribution in [3.8, 4) is 11.3 Å². The molecule has 0 spiro atoms. The Morgan fingerprint density at radius 3 is 2.18 bits per heavy atom. The van der Waals surface area contributed by atoms with E-state index in [0.717, 1.165) is 33.3 Å². The summed E-state index contributed by atoms with van der Waals surface area (Å²) >= 11 is 1.77. The standard InChI is InChI=1S/C34H42N2SSi/c1-21(2)38(22(3)4,23(5)6)30-18-26(17-25-12-10-11-13-27(25)30)31-33-32(36-20-35-31)28-15-14-24(16-29(28)37-33)19-34(7,8)9/h10-18,20-23H,19H2,1-9H3/i20D. The minimum atomic E-state index is -1.96. The van der Waals surface area contributed by atoms with Gasteiger partial charge in [-0.3, -0.25) is 0 Å². The largest absolute Gasteiger partial charge is 0.235 e. The molecule has 0 amide bonds. The van der Waals surface area contributed by atoms with E-state index in [0.29, 0.717) is 16.6 Å². The molecule has 3 aromatic carbocycles. The highest BCUT2D eigenvalue weighted by Crippen LogP contribution is 2.44. The minimum absolute atomic E-state index is 0.0887. The van der Waals surface area contributed by atoms with Crippen LogP contribution in [-0.4, -0.2) is 18.0 Å². The predicted octanol–water partition coefficient (Wildman–Crippen LogP) is 10.1. The zero-order chi connectivity index (χ0) is 28.3. The normalized spacial score (nSPS) is 13.5. The van der Waals surface area contributed by atoms with E-state index < -0.39 is 8.07 Å². The van der Waals surface area contributed by atoms with Crippen LogP contribution in [0, 0.1) is 5.41 Å². The summed E-state index contributed by atoms with van der Waals surface area (Å²) in [6.45, 7) is 21.4. The molecular weight excluding hydrogens is 497 g/mol. The van der Waals surface area contributed by atoms with Crippen molar-refractivity contribution in [3.05, 3.63) is 66.5 Å². The molecule has 0 saturated heterocycles. The van der Waals surface area contributed by atoms with Crippen molar-refractivity contribution in [2.75, 3.05) is 0 Å². The van der Waals surface area contributed by atoms with Crippen molar-refractivity contribution in [3.63, 3.8) is 0 Å². The summed E-state index contributed by atoms with van der Waals surface area (Å²) in [5, 5.41) is 5.29. The highest BCUT2D eigenvalue weighted by atomic mass is 32.1. The van der Waals surface area contributed by atoms with E-state index in [1.54, 1.807) is 11.3 Å². The van der Waals surface area contributed by atoms with Crippen LogP contribution in [-0.2, 0) is 6.42 Å². The number of fused-ring (bicyclic) bond motifs is 4. The van der Waals surface area contributed by atoms with Gasteiger partial charge in [0.15, 0.2) is 0 Å². The maximum Gasteiger partial charge on any atom is 0.116 e. The molecular formula is C34H42N2SSi. The fourth-order valence-corrected chi connectivity index (χ4v) is 15.4. The Hall–Kier alpha value is -2.56. The Morgan fingerprint density at radius 1 is 0.842 bits per heavy atom. The van der Waals surface area contributed by atoms with Crippen molar-refractivity contribution in [1.29, 1.82) is 0 Å². The quantitative estimate of drug-likeness (QED) is 0.201. The van der Waals surface area contributed by atoms with Crippen LogP contribution in [0.15, 0.2) is 60.9 Å². The molecule has 38 heavy (non-hydrogen) atoms. The average Bonchev–Trinajstić information content (AvgIpc) is 3.19. The van der Waals surface area contributed by atoms with Gasteiger partial charge in [0.1, 0.15) is 7.67 Å². The highest BCUT2D eigenvalue weighted by Gasteiger charge is 2.45. The van der Waals surface area contributed by atoms with Crippen molar-refractivity contribution in [2.24, 2.45) is 5.41 Å². The van der Waals surface area contributed by atoms with Gasteiger partial charge in [-0.25, -0.2) is 9.97 Å². The van der Waals surface area contributed by atoms with E-state index in [1.165, 1.54) is 26.2 Å². The van der Waals surface area contributed by atoms with E-state index in [4.69, 9.17) is 6.35 Å². The van der Waals surface area contributed by atoms with Crippen LogP contribution in [0.25, 0.3) is 42.3 Å². The van der Waals surface area contributed by atoms with Crippen LogP contribution < -0.4 is 5.19 Å². The number of benzene rings is 3. The van der Waals surface area contributed by atoms with E-state index in [9.17, 15) is 0 Å². The molecule has 0 fully saturated rings. The van der Waals surface area contributed by atoms with Crippen LogP contribution in [0.3, 0.4) is 0 Å². The third-order valence-electron chi connectivity index (χ3n) is 8.47. The Bertz CT molecular complexity index is 1650. The molecule has 2 nitrogen and oxygen atoms in total. The maximum atomic E-state index is 8.58. The molecule has 4 heteroatoms. The van der Waals surface area contributed by atoms with E-state index in [1.807, 2.05) is 0 Å². The number of hydrogen-bond acceptors (Lipinski definition) is 3. The molecule has 5 rings (SSSR count). The van der Waals surface area contributed by atoms with Crippen molar-refractivity contribution >= 4 is 55.7 Å². The zero-order valence-electron chi connectivity index (χ0n) is 25.4. The van der Waals surface area contributed by atoms with Gasteiger partial charge < -0.3 is 0 Å². The fourth-order valence-electron chi connectivity index (χ4n) is 7.23. The molecule has 0 unspecified atom stereocenters. The fraction of sp³-hybridized carbons (Fsp3) is 0.412. The van der Waals surface area contributed by atoms with Gasteiger partial charge in [0, 0.05) is 15.6 Å². The summed E-state index contributed by atoms with van der Waals surface area (Å²) in [6.07, 6.45) is 1.12. The van der Waals surface area contributed by atoms with Crippen LogP contribution in [0.5, 0.6) is 0 Å². The maximum absolute atomic E-state index is 8.58. The summed E-state index contributed by atoms with van der Waals surface area (Å²) in [5.41, 5.74) is 6.28. The van der Waals surface area contributed by atoms with Gasteiger partial charge in [0.2, 0.25) is 0 Å². The molecule has 0 aliphatic carbocycles. The van der Waals surface area contributed by atoms with Crippen LogP contribution >= 0.6 is 11.3 Å². The number of thiophene rings is 1. The second-order valence-corrected chi connectivity index (χ2v) is 20.1. The molecule has 2 heterocycles. The Balaban J connectivity index is 1.82. The Labute approximate surface area is 235 Å². The predicted molar refractivity (Wildman–Crippen MR) is 172 cm³/mol. The third kappa shape index (κ3) is 4.50. The molecule has 0 aliphatic heterocycles. The first-order valence-electron chi connectivity index (χ1n) is 14.6.